The number of amides is 1. The summed E-state index contributed by atoms with van der Waals surface area (Å²) in [7, 11) is 0. The average molecular weight is 306 g/mol. The molecular weight excluding hydrogens is 288 g/mol. The molecule has 0 aliphatic rings. The first kappa shape index (κ1) is 17.3. The molecule has 0 aliphatic heterocycles. The normalized spacial score (nSPS) is 11.4. The van der Waals surface area contributed by atoms with Crippen molar-refractivity contribution in [3.8, 4) is 0 Å². The van der Waals surface area contributed by atoms with Crippen LogP contribution in [0.4, 0.5) is 4.79 Å². The smallest absolute Gasteiger partial charge is 0.411 e. The average Bonchev–Trinajstić information content (AvgIpc) is 2.49. The van der Waals surface area contributed by atoms with E-state index in [9.17, 15) is 14.7 Å². The predicted octanol–water partition coefficient (Wildman–Crippen LogP) is 2.80. The van der Waals surface area contributed by atoms with Crippen LogP contribution >= 0.6 is 0 Å². The topological polar surface area (TPSA) is 116 Å². The van der Waals surface area contributed by atoms with E-state index in [1.54, 1.807) is 26.0 Å². The maximum absolute atomic E-state index is 12.2. The van der Waals surface area contributed by atoms with Gasteiger partial charge in [-0.15, -0.1) is 0 Å². The summed E-state index contributed by atoms with van der Waals surface area (Å²) in [6, 6.07) is 7.36. The molecule has 0 aliphatic carbocycles. The molecule has 0 heterocycles. The van der Waals surface area contributed by atoms with Crippen LogP contribution in [0.15, 0.2) is 35.4 Å². The van der Waals surface area contributed by atoms with Crippen molar-refractivity contribution >= 4 is 12.1 Å². The van der Waals surface area contributed by atoms with Crippen LogP contribution < -0.4 is 0 Å². The van der Waals surface area contributed by atoms with E-state index in [-0.39, 0.29) is 13.2 Å². The maximum Gasteiger partial charge on any atom is 0.411 e. The van der Waals surface area contributed by atoms with Crippen molar-refractivity contribution in [1.29, 1.82) is 0 Å². The fourth-order valence-corrected chi connectivity index (χ4v) is 1.89. The third-order valence-electron chi connectivity index (χ3n) is 2.91. The van der Waals surface area contributed by atoms with Gasteiger partial charge in [-0.25, -0.2) is 9.59 Å². The van der Waals surface area contributed by atoms with Crippen LogP contribution in [0.2, 0.25) is 0 Å². The zero-order valence-electron chi connectivity index (χ0n) is 12.4. The van der Waals surface area contributed by atoms with Gasteiger partial charge in [0.15, 0.2) is 0 Å². The number of aliphatic carboxylic acids is 1. The molecule has 0 spiro atoms. The van der Waals surface area contributed by atoms with Crippen LogP contribution in [0, 0.1) is 0 Å². The van der Waals surface area contributed by atoms with E-state index < -0.39 is 24.1 Å². The molecule has 118 valence electrons. The molecule has 1 amide bonds. The molecule has 8 nitrogen and oxygen atoms in total. The van der Waals surface area contributed by atoms with Gasteiger partial charge >= 0.3 is 12.1 Å². The Bertz CT molecular complexity index is 555. The number of azide groups is 1. The molecule has 1 N–H and O–H groups in total. The summed E-state index contributed by atoms with van der Waals surface area (Å²) in [5.74, 6) is -1.25. The number of benzene rings is 1. The Hall–Kier alpha value is -2.73. The Labute approximate surface area is 127 Å². The Morgan fingerprint density at radius 3 is 2.50 bits per heavy atom. The van der Waals surface area contributed by atoms with E-state index in [1.165, 1.54) is 0 Å². The number of rotatable bonds is 7. The number of nitrogens with zero attached hydrogens (tertiary/aromatic N) is 4. The van der Waals surface area contributed by atoms with E-state index in [2.05, 4.69) is 10.0 Å². The Kier molecular flexibility index (Phi) is 6.72. The lowest BCUT2D eigenvalue weighted by Gasteiger charge is -2.30. The minimum Gasteiger partial charge on any atom is -0.480 e. The number of carboxylic acid groups (broad SMARTS) is 1. The second kappa shape index (κ2) is 8.53. The van der Waals surface area contributed by atoms with Crippen LogP contribution in [-0.4, -0.2) is 40.7 Å². The van der Waals surface area contributed by atoms with E-state index >= 15 is 0 Å². The quantitative estimate of drug-likeness (QED) is 0.473. The van der Waals surface area contributed by atoms with Crippen LogP contribution in [0.1, 0.15) is 19.4 Å². The molecule has 0 fully saturated rings. The molecule has 1 aromatic rings. The molecule has 0 bridgehead atoms. The molecule has 0 aromatic heterocycles. The number of ether oxygens (including phenoxy) is 1. The summed E-state index contributed by atoms with van der Waals surface area (Å²) in [5.41, 5.74) is 9.13. The lowest BCUT2D eigenvalue weighted by molar-refractivity contribution is -0.143. The zero-order chi connectivity index (χ0) is 16.5. The number of carbonyl (C=O) groups is 2. The van der Waals surface area contributed by atoms with Gasteiger partial charge in [-0.1, -0.05) is 35.4 Å². The third-order valence-corrected chi connectivity index (χ3v) is 2.91. The SMILES string of the molecule is CC(C)N(C(=O)OCc1ccccc1)C(CN=[N+]=[N-])C(=O)O. The van der Waals surface area contributed by atoms with Gasteiger partial charge in [-0.2, -0.15) is 0 Å². The molecule has 0 saturated carbocycles. The number of carbonyl (C=O) groups excluding carboxylic acids is 1. The second-order valence-electron chi connectivity index (χ2n) is 4.81. The lowest BCUT2D eigenvalue weighted by Crippen LogP contribution is -2.50. The van der Waals surface area contributed by atoms with Gasteiger partial charge in [0.2, 0.25) is 0 Å². The van der Waals surface area contributed by atoms with Crippen molar-refractivity contribution < 1.29 is 19.4 Å². The maximum atomic E-state index is 12.2. The zero-order valence-corrected chi connectivity index (χ0v) is 12.4. The van der Waals surface area contributed by atoms with Gasteiger partial charge in [-0.05, 0) is 24.9 Å². The largest absolute Gasteiger partial charge is 0.480 e. The molecule has 1 rings (SSSR count). The summed E-state index contributed by atoms with van der Waals surface area (Å²) < 4.78 is 5.15. The number of hydrogen-bond donors (Lipinski definition) is 1. The van der Waals surface area contributed by atoms with Crippen LogP contribution in [0.3, 0.4) is 0 Å². The minimum absolute atomic E-state index is 0.0384. The Morgan fingerprint density at radius 1 is 1.36 bits per heavy atom. The van der Waals surface area contributed by atoms with E-state index in [0.29, 0.717) is 0 Å². The summed E-state index contributed by atoms with van der Waals surface area (Å²) in [5, 5.41) is 12.5. The van der Waals surface area contributed by atoms with Gasteiger partial charge in [-0.3, -0.25) is 4.90 Å². The van der Waals surface area contributed by atoms with E-state index in [1.807, 2.05) is 18.2 Å². The highest BCUT2D eigenvalue weighted by Crippen LogP contribution is 2.11. The minimum atomic E-state index is -1.26. The molecular formula is C14H18N4O4. The molecule has 22 heavy (non-hydrogen) atoms. The first-order valence-electron chi connectivity index (χ1n) is 6.70. The fourth-order valence-electron chi connectivity index (χ4n) is 1.89. The van der Waals surface area contributed by atoms with Crippen LogP contribution in [0.5, 0.6) is 0 Å². The van der Waals surface area contributed by atoms with Crippen LogP contribution in [-0.2, 0) is 16.1 Å². The van der Waals surface area contributed by atoms with E-state index in [4.69, 9.17) is 10.3 Å². The number of carboxylic acids is 1. The first-order chi connectivity index (χ1) is 10.5. The predicted molar refractivity (Wildman–Crippen MR) is 79.0 cm³/mol. The highest BCUT2D eigenvalue weighted by Gasteiger charge is 2.32. The molecule has 1 unspecified atom stereocenters. The monoisotopic (exact) mass is 306 g/mol. The Morgan fingerprint density at radius 2 is 2.00 bits per heavy atom. The van der Waals surface area contributed by atoms with Gasteiger partial charge < -0.3 is 9.84 Å². The second-order valence-corrected chi connectivity index (χ2v) is 4.81. The van der Waals surface area contributed by atoms with Crippen molar-refractivity contribution in [3.63, 3.8) is 0 Å². The van der Waals surface area contributed by atoms with E-state index in [0.717, 1.165) is 10.5 Å². The molecule has 0 radical (unpaired) electrons. The molecule has 8 heteroatoms. The highest BCUT2D eigenvalue weighted by molar-refractivity contribution is 5.80. The third kappa shape index (κ3) is 4.99. The van der Waals surface area contributed by atoms with Crippen molar-refractivity contribution in [3.05, 3.63) is 46.3 Å². The molecule has 1 aromatic carbocycles. The first-order valence-corrected chi connectivity index (χ1v) is 6.70. The lowest BCUT2D eigenvalue weighted by atomic mass is 10.2. The Balaban J connectivity index is 2.81. The van der Waals surface area contributed by atoms with Crippen molar-refractivity contribution in [2.75, 3.05) is 6.54 Å². The fraction of sp³-hybridized carbons (Fsp3) is 0.429. The summed E-state index contributed by atoms with van der Waals surface area (Å²) in [4.78, 5) is 27.1. The molecule has 0 saturated heterocycles. The van der Waals surface area contributed by atoms with Gasteiger partial charge in [0.1, 0.15) is 12.6 Å². The summed E-state index contributed by atoms with van der Waals surface area (Å²) in [6.45, 7) is 3.01. The van der Waals surface area contributed by atoms with Gasteiger partial charge in [0.25, 0.3) is 0 Å². The molecule has 1 atom stereocenters. The van der Waals surface area contributed by atoms with Gasteiger partial charge in [0, 0.05) is 11.0 Å². The standard InChI is InChI=1S/C14H18N4O4/c1-10(2)18(12(13(19)20)8-16-17-15)14(21)22-9-11-6-4-3-5-7-11/h3-7,10,12H,8-9H2,1-2H3,(H,19,20). The van der Waals surface area contributed by atoms with Gasteiger partial charge in [0.05, 0.1) is 6.54 Å². The van der Waals surface area contributed by atoms with Crippen molar-refractivity contribution in [2.45, 2.75) is 32.5 Å². The number of hydrogen-bond acceptors (Lipinski definition) is 4. The van der Waals surface area contributed by atoms with Crippen molar-refractivity contribution in [2.24, 2.45) is 5.11 Å². The summed E-state index contributed by atoms with van der Waals surface area (Å²) >= 11 is 0. The summed E-state index contributed by atoms with van der Waals surface area (Å²) in [6.07, 6.45) is -0.764. The van der Waals surface area contributed by atoms with Crippen molar-refractivity contribution in [1.82, 2.24) is 4.90 Å². The highest BCUT2D eigenvalue weighted by atomic mass is 16.6. The van der Waals surface area contributed by atoms with Crippen LogP contribution in [0.25, 0.3) is 10.4 Å².